The van der Waals surface area contributed by atoms with Crippen molar-refractivity contribution in [3.8, 4) is 0 Å². The van der Waals surface area contributed by atoms with Gasteiger partial charge >= 0.3 is 0 Å². The van der Waals surface area contributed by atoms with Crippen LogP contribution in [-0.4, -0.2) is 36.1 Å². The molecule has 3 atom stereocenters. The van der Waals surface area contributed by atoms with Crippen LogP contribution in [0.1, 0.15) is 59.8 Å². The minimum absolute atomic E-state index is 0.393. The third kappa shape index (κ3) is 2.91. The van der Waals surface area contributed by atoms with E-state index in [1.54, 1.807) is 0 Å². The van der Waals surface area contributed by atoms with E-state index in [9.17, 15) is 0 Å². The van der Waals surface area contributed by atoms with Crippen molar-refractivity contribution in [3.63, 3.8) is 0 Å². The molecule has 2 aliphatic rings. The molecule has 0 bridgehead atoms. The second-order valence-electron chi connectivity index (χ2n) is 6.81. The van der Waals surface area contributed by atoms with E-state index in [0.29, 0.717) is 5.54 Å². The Labute approximate surface area is 114 Å². The molecule has 1 heterocycles. The highest BCUT2D eigenvalue weighted by Crippen LogP contribution is 2.33. The second-order valence-corrected chi connectivity index (χ2v) is 6.81. The average Bonchev–Trinajstić information content (AvgIpc) is 2.42. The first-order chi connectivity index (χ1) is 8.60. The highest BCUT2D eigenvalue weighted by Gasteiger charge is 2.36. The Kier molecular flexibility index (Phi) is 4.71. The molecule has 2 rings (SSSR count). The van der Waals surface area contributed by atoms with E-state index in [4.69, 9.17) is 0 Å². The summed E-state index contributed by atoms with van der Waals surface area (Å²) < 4.78 is 0. The summed E-state index contributed by atoms with van der Waals surface area (Å²) in [4.78, 5) is 2.80. The van der Waals surface area contributed by atoms with Gasteiger partial charge in [-0.15, -0.1) is 0 Å². The summed E-state index contributed by atoms with van der Waals surface area (Å²) in [7, 11) is 0. The van der Waals surface area contributed by atoms with Gasteiger partial charge in [0.25, 0.3) is 0 Å². The number of piperazine rings is 1. The van der Waals surface area contributed by atoms with E-state index in [1.165, 1.54) is 51.7 Å². The molecular weight excluding hydrogens is 220 g/mol. The van der Waals surface area contributed by atoms with Crippen molar-refractivity contribution in [1.82, 2.24) is 10.2 Å². The van der Waals surface area contributed by atoms with Crippen molar-refractivity contribution in [2.45, 2.75) is 71.4 Å². The summed E-state index contributed by atoms with van der Waals surface area (Å²) >= 11 is 0. The van der Waals surface area contributed by atoms with Crippen LogP contribution in [-0.2, 0) is 0 Å². The van der Waals surface area contributed by atoms with Crippen LogP contribution >= 0.6 is 0 Å². The van der Waals surface area contributed by atoms with Crippen LogP contribution in [0.5, 0.6) is 0 Å². The van der Waals surface area contributed by atoms with Gasteiger partial charge in [-0.05, 0) is 43.9 Å². The molecule has 1 aliphatic carbocycles. The highest BCUT2D eigenvalue weighted by atomic mass is 15.2. The summed E-state index contributed by atoms with van der Waals surface area (Å²) in [5, 5.41) is 3.78. The maximum Gasteiger partial charge on any atom is 0.0304 e. The molecule has 1 aliphatic heterocycles. The van der Waals surface area contributed by atoms with Crippen molar-refractivity contribution in [2.24, 2.45) is 11.8 Å². The van der Waals surface area contributed by atoms with Gasteiger partial charge in [0, 0.05) is 31.2 Å². The van der Waals surface area contributed by atoms with Crippen molar-refractivity contribution < 1.29 is 0 Å². The average molecular weight is 252 g/mol. The topological polar surface area (TPSA) is 15.3 Å². The fourth-order valence-electron chi connectivity index (χ4n) is 3.87. The molecule has 3 unspecified atom stereocenters. The van der Waals surface area contributed by atoms with E-state index >= 15 is 0 Å². The number of hydrogen-bond acceptors (Lipinski definition) is 2. The van der Waals surface area contributed by atoms with E-state index < -0.39 is 0 Å². The smallest absolute Gasteiger partial charge is 0.0304 e. The van der Waals surface area contributed by atoms with Gasteiger partial charge in [0.2, 0.25) is 0 Å². The molecule has 1 saturated carbocycles. The van der Waals surface area contributed by atoms with E-state index in [0.717, 1.165) is 17.9 Å². The SMILES string of the molecule is CCC1(CC)CN(C2CCC(C)C(C)C2)CCN1. The molecule has 0 spiro atoms. The zero-order valence-electron chi connectivity index (χ0n) is 12.8. The fraction of sp³-hybridized carbons (Fsp3) is 1.00. The molecule has 0 amide bonds. The second kappa shape index (κ2) is 5.92. The standard InChI is InChI=1S/C16H32N2/c1-5-16(6-2)12-18(10-9-17-16)15-8-7-13(3)14(4)11-15/h13-15,17H,5-12H2,1-4H3. The van der Waals surface area contributed by atoms with Crippen LogP contribution in [0.4, 0.5) is 0 Å². The van der Waals surface area contributed by atoms with Gasteiger partial charge < -0.3 is 5.32 Å². The van der Waals surface area contributed by atoms with Crippen LogP contribution < -0.4 is 5.32 Å². The summed E-state index contributed by atoms with van der Waals surface area (Å²) in [6, 6.07) is 0.857. The molecule has 0 aromatic heterocycles. The van der Waals surface area contributed by atoms with Gasteiger partial charge in [-0.25, -0.2) is 0 Å². The summed E-state index contributed by atoms with van der Waals surface area (Å²) in [6.45, 7) is 13.3. The van der Waals surface area contributed by atoms with Gasteiger partial charge in [-0.3, -0.25) is 4.90 Å². The molecular formula is C16H32N2. The maximum atomic E-state index is 3.78. The Balaban J connectivity index is 1.96. The molecule has 2 nitrogen and oxygen atoms in total. The van der Waals surface area contributed by atoms with Crippen molar-refractivity contribution in [2.75, 3.05) is 19.6 Å². The minimum Gasteiger partial charge on any atom is -0.309 e. The Morgan fingerprint density at radius 2 is 1.83 bits per heavy atom. The first-order valence-electron chi connectivity index (χ1n) is 8.09. The summed E-state index contributed by atoms with van der Waals surface area (Å²) in [6.07, 6.45) is 6.80. The monoisotopic (exact) mass is 252 g/mol. The van der Waals surface area contributed by atoms with E-state index in [-0.39, 0.29) is 0 Å². The van der Waals surface area contributed by atoms with E-state index in [1.807, 2.05) is 0 Å². The third-order valence-electron chi connectivity index (χ3n) is 5.85. The molecule has 106 valence electrons. The van der Waals surface area contributed by atoms with Crippen molar-refractivity contribution in [1.29, 1.82) is 0 Å². The maximum absolute atomic E-state index is 3.78. The van der Waals surface area contributed by atoms with Crippen LogP contribution in [0.25, 0.3) is 0 Å². The molecule has 2 heteroatoms. The lowest BCUT2D eigenvalue weighted by Gasteiger charge is -2.48. The minimum atomic E-state index is 0.393. The van der Waals surface area contributed by atoms with Gasteiger partial charge in [0.15, 0.2) is 0 Å². The van der Waals surface area contributed by atoms with Crippen LogP contribution in [0.3, 0.4) is 0 Å². The largest absolute Gasteiger partial charge is 0.309 e. The van der Waals surface area contributed by atoms with Crippen molar-refractivity contribution in [3.05, 3.63) is 0 Å². The molecule has 0 aromatic carbocycles. The number of nitrogens with one attached hydrogen (secondary N) is 1. The third-order valence-corrected chi connectivity index (χ3v) is 5.85. The summed E-state index contributed by atoms with van der Waals surface area (Å²) in [5.74, 6) is 1.85. The molecule has 1 saturated heterocycles. The van der Waals surface area contributed by atoms with Gasteiger partial charge in [0.1, 0.15) is 0 Å². The zero-order valence-corrected chi connectivity index (χ0v) is 12.8. The summed E-state index contributed by atoms with van der Waals surface area (Å²) in [5.41, 5.74) is 0.393. The molecule has 1 N–H and O–H groups in total. The lowest BCUT2D eigenvalue weighted by molar-refractivity contribution is 0.0480. The predicted octanol–water partition coefficient (Wildman–Crippen LogP) is 3.28. The molecule has 18 heavy (non-hydrogen) atoms. The van der Waals surface area contributed by atoms with Crippen LogP contribution in [0.2, 0.25) is 0 Å². The van der Waals surface area contributed by atoms with Crippen molar-refractivity contribution >= 4 is 0 Å². The van der Waals surface area contributed by atoms with Gasteiger partial charge in [-0.1, -0.05) is 27.7 Å². The number of hydrogen-bond donors (Lipinski definition) is 1. The highest BCUT2D eigenvalue weighted by molar-refractivity contribution is 4.95. The lowest BCUT2D eigenvalue weighted by atomic mass is 9.77. The van der Waals surface area contributed by atoms with Crippen LogP contribution in [0, 0.1) is 11.8 Å². The lowest BCUT2D eigenvalue weighted by Crippen LogP contribution is -2.62. The first-order valence-corrected chi connectivity index (χ1v) is 8.09. The quantitative estimate of drug-likeness (QED) is 0.829. The number of nitrogens with zero attached hydrogens (tertiary/aromatic N) is 1. The first kappa shape index (κ1) is 14.3. The Morgan fingerprint density at radius 3 is 2.44 bits per heavy atom. The molecule has 0 radical (unpaired) electrons. The molecule has 0 aromatic rings. The Hall–Kier alpha value is -0.0800. The fourth-order valence-corrected chi connectivity index (χ4v) is 3.87. The van der Waals surface area contributed by atoms with Crippen LogP contribution in [0.15, 0.2) is 0 Å². The Bertz CT molecular complexity index is 260. The normalized spacial score (nSPS) is 37.7. The van der Waals surface area contributed by atoms with E-state index in [2.05, 4.69) is 37.9 Å². The Morgan fingerprint density at radius 1 is 1.11 bits per heavy atom. The predicted molar refractivity (Wildman–Crippen MR) is 78.9 cm³/mol. The van der Waals surface area contributed by atoms with Gasteiger partial charge in [-0.2, -0.15) is 0 Å². The molecule has 2 fully saturated rings. The zero-order chi connectivity index (χ0) is 13.2. The number of rotatable bonds is 3. The van der Waals surface area contributed by atoms with Gasteiger partial charge in [0.05, 0.1) is 0 Å².